The molecular weight excluding hydrogens is 362 g/mol. The van der Waals surface area contributed by atoms with Crippen LogP contribution in [0.25, 0.3) is 11.1 Å². The van der Waals surface area contributed by atoms with Gasteiger partial charge in [0.25, 0.3) is 0 Å². The maximum Gasteiger partial charge on any atom is 0.0247 e. The summed E-state index contributed by atoms with van der Waals surface area (Å²) in [4.78, 5) is 2.60. The fourth-order valence-corrected chi connectivity index (χ4v) is 5.29. The largest absolute Gasteiger partial charge is 0.291 e. The normalized spacial score (nSPS) is 18.6. The molecule has 0 bridgehead atoms. The summed E-state index contributed by atoms with van der Waals surface area (Å²) in [6.07, 6.45) is 1.08. The molecule has 3 aromatic rings. The van der Waals surface area contributed by atoms with E-state index in [0.29, 0.717) is 0 Å². The van der Waals surface area contributed by atoms with Crippen molar-refractivity contribution in [1.29, 1.82) is 0 Å². The van der Waals surface area contributed by atoms with Crippen LogP contribution < -0.4 is 0 Å². The third kappa shape index (κ3) is 3.55. The summed E-state index contributed by atoms with van der Waals surface area (Å²) in [7, 11) is 0. The van der Waals surface area contributed by atoms with Gasteiger partial charge in [0.1, 0.15) is 0 Å². The monoisotopic (exact) mass is 391 g/mol. The lowest BCUT2D eigenvalue weighted by molar-refractivity contribution is 0.347. The Morgan fingerprint density at radius 3 is 1.80 bits per heavy atom. The summed E-state index contributed by atoms with van der Waals surface area (Å²) in [6.45, 7) is 7.89. The van der Waals surface area contributed by atoms with Crippen LogP contribution in [-0.2, 0) is 6.54 Å². The molecule has 3 aromatic carbocycles. The van der Waals surface area contributed by atoms with Crippen LogP contribution in [0.5, 0.6) is 0 Å². The Balaban J connectivity index is 1.64. The van der Waals surface area contributed by atoms with Crippen LogP contribution in [0, 0.1) is 5.41 Å². The van der Waals surface area contributed by atoms with E-state index in [1.54, 1.807) is 11.1 Å². The van der Waals surface area contributed by atoms with Crippen LogP contribution in [-0.4, -0.2) is 18.0 Å². The first-order valence-electron chi connectivity index (χ1n) is 10.9. The van der Waals surface area contributed by atoms with Crippen molar-refractivity contribution in [2.75, 3.05) is 13.1 Å². The van der Waals surface area contributed by atoms with Gasteiger partial charge in [-0.1, -0.05) is 105 Å². The molecule has 1 saturated heterocycles. The van der Waals surface area contributed by atoms with Gasteiger partial charge < -0.3 is 0 Å². The van der Waals surface area contributed by atoms with Crippen molar-refractivity contribution in [3.05, 3.63) is 119 Å². The van der Waals surface area contributed by atoms with E-state index in [0.717, 1.165) is 26.1 Å². The zero-order chi connectivity index (χ0) is 20.6. The van der Waals surface area contributed by atoms with Crippen LogP contribution in [0.2, 0.25) is 0 Å². The Morgan fingerprint density at radius 2 is 1.17 bits per heavy atom. The fourth-order valence-electron chi connectivity index (χ4n) is 5.29. The van der Waals surface area contributed by atoms with E-state index in [1.807, 2.05) is 0 Å². The lowest BCUT2D eigenvalue weighted by Gasteiger charge is -2.36. The van der Waals surface area contributed by atoms with Gasteiger partial charge in [-0.25, -0.2) is 0 Å². The highest BCUT2D eigenvalue weighted by molar-refractivity contribution is 5.88. The maximum atomic E-state index is 2.60. The molecule has 1 fully saturated rings. The molecule has 0 unspecified atom stereocenters. The van der Waals surface area contributed by atoms with Gasteiger partial charge >= 0.3 is 0 Å². The first kappa shape index (κ1) is 19.1. The Morgan fingerprint density at radius 1 is 0.633 bits per heavy atom. The molecule has 0 radical (unpaired) electrons. The van der Waals surface area contributed by atoms with Gasteiger partial charge in [0.2, 0.25) is 0 Å². The number of nitrogens with zero attached hydrogens (tertiary/aromatic N) is 1. The molecule has 1 aliphatic carbocycles. The fraction of sp³-hybridized carbons (Fsp3) is 0.241. The molecule has 1 heteroatoms. The SMILES string of the molecule is CC1(C)CC(c2ccccc2)=C2CN(Cc3ccccc3)CC2=C1c1ccccc1. The Hall–Kier alpha value is -2.90. The van der Waals surface area contributed by atoms with Crippen LogP contribution in [0.3, 0.4) is 0 Å². The van der Waals surface area contributed by atoms with Crippen LogP contribution in [0.15, 0.2) is 102 Å². The van der Waals surface area contributed by atoms with E-state index in [9.17, 15) is 0 Å². The molecule has 0 amide bonds. The number of allylic oxidation sites excluding steroid dienone is 2. The second kappa shape index (κ2) is 7.74. The number of benzene rings is 3. The molecule has 30 heavy (non-hydrogen) atoms. The van der Waals surface area contributed by atoms with E-state index in [-0.39, 0.29) is 5.41 Å². The molecule has 150 valence electrons. The second-order valence-corrected chi connectivity index (χ2v) is 9.23. The van der Waals surface area contributed by atoms with E-state index < -0.39 is 0 Å². The van der Waals surface area contributed by atoms with Gasteiger partial charge in [0.05, 0.1) is 0 Å². The third-order valence-electron chi connectivity index (χ3n) is 6.52. The van der Waals surface area contributed by atoms with Gasteiger partial charge in [0.15, 0.2) is 0 Å². The van der Waals surface area contributed by atoms with Gasteiger partial charge in [0, 0.05) is 19.6 Å². The van der Waals surface area contributed by atoms with Crippen molar-refractivity contribution < 1.29 is 0 Å². The van der Waals surface area contributed by atoms with Crippen molar-refractivity contribution in [1.82, 2.24) is 4.90 Å². The first-order valence-corrected chi connectivity index (χ1v) is 10.9. The zero-order valence-corrected chi connectivity index (χ0v) is 17.9. The summed E-state index contributed by atoms with van der Waals surface area (Å²) >= 11 is 0. The molecule has 5 rings (SSSR count). The zero-order valence-electron chi connectivity index (χ0n) is 17.9. The summed E-state index contributed by atoms with van der Waals surface area (Å²) in [6, 6.07) is 32.9. The average molecular weight is 392 g/mol. The minimum atomic E-state index is 0.105. The second-order valence-electron chi connectivity index (χ2n) is 9.23. The Bertz CT molecular complexity index is 1090. The van der Waals surface area contributed by atoms with Gasteiger partial charge in [-0.2, -0.15) is 0 Å². The Labute approximate surface area is 180 Å². The molecule has 0 saturated carbocycles. The molecule has 2 aliphatic rings. The molecule has 0 spiro atoms. The highest BCUT2D eigenvalue weighted by atomic mass is 15.1. The molecule has 0 N–H and O–H groups in total. The lowest BCUT2D eigenvalue weighted by atomic mass is 9.67. The molecule has 1 aliphatic heterocycles. The number of hydrogen-bond donors (Lipinski definition) is 0. The quantitative estimate of drug-likeness (QED) is 0.470. The van der Waals surface area contributed by atoms with E-state index in [2.05, 4.69) is 110 Å². The topological polar surface area (TPSA) is 3.24 Å². The van der Waals surface area contributed by atoms with Crippen LogP contribution >= 0.6 is 0 Å². The highest BCUT2D eigenvalue weighted by Gasteiger charge is 2.39. The first-order chi connectivity index (χ1) is 14.6. The van der Waals surface area contributed by atoms with Crippen molar-refractivity contribution in [2.45, 2.75) is 26.8 Å². The van der Waals surface area contributed by atoms with Crippen molar-refractivity contribution in [3.8, 4) is 0 Å². The standard InChI is InChI=1S/C29H29N/c1-29(2)18-25(23-14-8-4-9-15-23)26-20-30(19-22-12-6-3-7-13-22)21-27(26)28(29)24-16-10-5-11-17-24/h3-17H,18-21H2,1-2H3. The average Bonchev–Trinajstić information content (AvgIpc) is 3.17. The minimum absolute atomic E-state index is 0.105. The predicted molar refractivity (Wildman–Crippen MR) is 127 cm³/mol. The Kier molecular flexibility index (Phi) is 4.92. The summed E-state index contributed by atoms with van der Waals surface area (Å²) in [5, 5.41) is 0. The smallest absolute Gasteiger partial charge is 0.0247 e. The van der Waals surface area contributed by atoms with E-state index >= 15 is 0 Å². The minimum Gasteiger partial charge on any atom is -0.291 e. The van der Waals surface area contributed by atoms with Crippen LogP contribution in [0.1, 0.15) is 37.0 Å². The van der Waals surface area contributed by atoms with E-state index in [1.165, 1.54) is 27.8 Å². The summed E-state index contributed by atoms with van der Waals surface area (Å²) < 4.78 is 0. The number of likely N-dealkylation sites (tertiary alicyclic amines) is 1. The number of fused-ring (bicyclic) bond motifs is 1. The summed E-state index contributed by atoms with van der Waals surface area (Å²) in [5.41, 5.74) is 10.4. The van der Waals surface area contributed by atoms with Crippen molar-refractivity contribution in [2.24, 2.45) is 5.41 Å². The van der Waals surface area contributed by atoms with Gasteiger partial charge in [-0.15, -0.1) is 0 Å². The van der Waals surface area contributed by atoms with Gasteiger partial charge in [-0.3, -0.25) is 4.90 Å². The van der Waals surface area contributed by atoms with E-state index in [4.69, 9.17) is 0 Å². The van der Waals surface area contributed by atoms with Crippen molar-refractivity contribution >= 4 is 11.1 Å². The lowest BCUT2D eigenvalue weighted by Crippen LogP contribution is -2.22. The molecule has 0 aromatic heterocycles. The molecule has 1 heterocycles. The highest BCUT2D eigenvalue weighted by Crippen LogP contribution is 2.52. The van der Waals surface area contributed by atoms with Crippen LogP contribution in [0.4, 0.5) is 0 Å². The maximum absolute atomic E-state index is 2.60. The molecular formula is C29H29N. The van der Waals surface area contributed by atoms with Gasteiger partial charge in [-0.05, 0) is 50.8 Å². The summed E-state index contributed by atoms with van der Waals surface area (Å²) in [5.74, 6) is 0. The number of hydrogen-bond acceptors (Lipinski definition) is 1. The van der Waals surface area contributed by atoms with Crippen molar-refractivity contribution in [3.63, 3.8) is 0 Å². The molecule has 1 nitrogen and oxygen atoms in total. The molecule has 0 atom stereocenters. The predicted octanol–water partition coefficient (Wildman–Crippen LogP) is 6.84. The number of rotatable bonds is 4. The third-order valence-corrected chi connectivity index (χ3v) is 6.52.